The van der Waals surface area contributed by atoms with Crippen molar-refractivity contribution in [2.24, 2.45) is 0 Å². The van der Waals surface area contributed by atoms with Crippen molar-refractivity contribution in [1.82, 2.24) is 9.62 Å². The maximum Gasteiger partial charge on any atom is 0.217 e. The number of nitrogens with zero attached hydrogens (tertiary/aromatic N) is 1. The summed E-state index contributed by atoms with van der Waals surface area (Å²) in [6, 6.07) is 0.105. The molecule has 14 heavy (non-hydrogen) atoms. The van der Waals surface area contributed by atoms with Crippen molar-refractivity contribution in [2.45, 2.75) is 18.9 Å². The van der Waals surface area contributed by atoms with Gasteiger partial charge in [0.05, 0.1) is 5.75 Å². The number of sulfonamides is 1. The Balaban J connectivity index is 2.62. The molecule has 1 fully saturated rings. The first-order chi connectivity index (χ1) is 6.58. The molecule has 0 aliphatic carbocycles. The lowest BCUT2D eigenvalue weighted by molar-refractivity contribution is 0.301. The first-order valence-electron chi connectivity index (χ1n) is 4.85. The summed E-state index contributed by atoms with van der Waals surface area (Å²) in [5.74, 6) is 0.0278. The zero-order chi connectivity index (χ0) is 10.6. The van der Waals surface area contributed by atoms with Gasteiger partial charge in [0.15, 0.2) is 0 Å². The van der Waals surface area contributed by atoms with Gasteiger partial charge >= 0.3 is 0 Å². The van der Waals surface area contributed by atoms with Crippen LogP contribution in [0.1, 0.15) is 12.8 Å². The SMILES string of the molecule is C=CCS(=O)(=O)N(C)C1CCCNC1. The summed E-state index contributed by atoms with van der Waals surface area (Å²) < 4.78 is 24.8. The highest BCUT2D eigenvalue weighted by atomic mass is 32.2. The summed E-state index contributed by atoms with van der Waals surface area (Å²) in [5.41, 5.74) is 0. The van der Waals surface area contributed by atoms with Gasteiger partial charge in [0.1, 0.15) is 0 Å². The normalized spacial score (nSPS) is 23.7. The second kappa shape index (κ2) is 4.91. The van der Waals surface area contributed by atoms with Crippen LogP contribution in [-0.2, 0) is 10.0 Å². The molecular weight excluding hydrogens is 200 g/mol. The minimum absolute atomic E-state index is 0.0278. The van der Waals surface area contributed by atoms with E-state index in [-0.39, 0.29) is 11.8 Å². The molecule has 1 N–H and O–H groups in total. The van der Waals surface area contributed by atoms with E-state index in [1.165, 1.54) is 10.4 Å². The van der Waals surface area contributed by atoms with Crippen LogP contribution in [0, 0.1) is 0 Å². The Morgan fingerprint density at radius 1 is 1.64 bits per heavy atom. The zero-order valence-electron chi connectivity index (χ0n) is 8.57. The van der Waals surface area contributed by atoms with Crippen LogP contribution in [0.15, 0.2) is 12.7 Å². The van der Waals surface area contributed by atoms with Crippen molar-refractivity contribution < 1.29 is 8.42 Å². The highest BCUT2D eigenvalue weighted by Gasteiger charge is 2.26. The van der Waals surface area contributed by atoms with Crippen LogP contribution in [0.3, 0.4) is 0 Å². The van der Waals surface area contributed by atoms with Crippen LogP contribution in [0.5, 0.6) is 0 Å². The molecule has 0 saturated carbocycles. The van der Waals surface area contributed by atoms with E-state index in [0.717, 1.165) is 25.9 Å². The number of likely N-dealkylation sites (N-methyl/N-ethyl adjacent to an activating group) is 1. The Morgan fingerprint density at radius 3 is 2.86 bits per heavy atom. The molecule has 1 aliphatic rings. The van der Waals surface area contributed by atoms with E-state index in [9.17, 15) is 8.42 Å². The molecule has 0 aromatic carbocycles. The fraction of sp³-hybridized carbons (Fsp3) is 0.778. The van der Waals surface area contributed by atoms with E-state index in [0.29, 0.717) is 0 Å². The third-order valence-corrected chi connectivity index (χ3v) is 4.38. The average molecular weight is 218 g/mol. The summed E-state index contributed by atoms with van der Waals surface area (Å²) >= 11 is 0. The van der Waals surface area contributed by atoms with E-state index >= 15 is 0 Å². The first-order valence-corrected chi connectivity index (χ1v) is 6.46. The average Bonchev–Trinajstić information content (AvgIpc) is 2.18. The Labute approximate surface area is 86.0 Å². The van der Waals surface area contributed by atoms with Crippen LogP contribution >= 0.6 is 0 Å². The molecule has 0 aromatic rings. The van der Waals surface area contributed by atoms with E-state index in [2.05, 4.69) is 11.9 Å². The minimum Gasteiger partial charge on any atom is -0.315 e. The lowest BCUT2D eigenvalue weighted by atomic mass is 10.1. The summed E-state index contributed by atoms with van der Waals surface area (Å²) in [4.78, 5) is 0. The van der Waals surface area contributed by atoms with Gasteiger partial charge < -0.3 is 5.32 Å². The van der Waals surface area contributed by atoms with Crippen molar-refractivity contribution in [3.8, 4) is 0 Å². The molecule has 1 unspecified atom stereocenters. The van der Waals surface area contributed by atoms with Gasteiger partial charge in [-0.25, -0.2) is 12.7 Å². The maximum atomic E-state index is 11.7. The molecule has 0 radical (unpaired) electrons. The molecule has 4 nitrogen and oxygen atoms in total. The first kappa shape index (κ1) is 11.7. The quantitative estimate of drug-likeness (QED) is 0.685. The molecule has 1 rings (SSSR count). The van der Waals surface area contributed by atoms with E-state index < -0.39 is 10.0 Å². The maximum absolute atomic E-state index is 11.7. The predicted molar refractivity (Wildman–Crippen MR) is 57.6 cm³/mol. The van der Waals surface area contributed by atoms with Gasteiger partial charge in [0.2, 0.25) is 10.0 Å². The Hall–Kier alpha value is -0.390. The predicted octanol–water partition coefficient (Wildman–Crippen LogP) is 0.186. The highest BCUT2D eigenvalue weighted by Crippen LogP contribution is 2.12. The van der Waals surface area contributed by atoms with Gasteiger partial charge in [-0.1, -0.05) is 6.08 Å². The third kappa shape index (κ3) is 2.80. The second-order valence-corrected chi connectivity index (χ2v) is 5.66. The molecule has 1 atom stereocenters. The smallest absolute Gasteiger partial charge is 0.217 e. The Bertz CT molecular complexity index is 281. The van der Waals surface area contributed by atoms with Gasteiger partial charge in [0.25, 0.3) is 0 Å². The Kier molecular flexibility index (Phi) is 4.10. The number of piperidine rings is 1. The molecular formula is C9H18N2O2S. The van der Waals surface area contributed by atoms with E-state index in [1.54, 1.807) is 7.05 Å². The lowest BCUT2D eigenvalue weighted by Gasteiger charge is -2.30. The summed E-state index contributed by atoms with van der Waals surface area (Å²) in [5, 5.41) is 3.20. The molecule has 1 heterocycles. The van der Waals surface area contributed by atoms with Crippen LogP contribution in [0.2, 0.25) is 0 Å². The standard InChI is InChI=1S/C9H18N2O2S/c1-3-7-14(12,13)11(2)9-5-4-6-10-8-9/h3,9-10H,1,4-8H2,2H3. The van der Waals surface area contributed by atoms with Gasteiger partial charge in [0, 0.05) is 19.6 Å². The molecule has 0 aromatic heterocycles. The Morgan fingerprint density at radius 2 is 2.36 bits per heavy atom. The summed E-state index contributed by atoms with van der Waals surface area (Å²) in [6.07, 6.45) is 3.42. The minimum atomic E-state index is -3.13. The fourth-order valence-corrected chi connectivity index (χ4v) is 2.80. The van der Waals surface area contributed by atoms with Crippen molar-refractivity contribution in [1.29, 1.82) is 0 Å². The van der Waals surface area contributed by atoms with Crippen LogP contribution in [0.25, 0.3) is 0 Å². The third-order valence-electron chi connectivity index (χ3n) is 2.55. The van der Waals surface area contributed by atoms with E-state index in [4.69, 9.17) is 0 Å². The molecule has 1 saturated heterocycles. The zero-order valence-corrected chi connectivity index (χ0v) is 9.39. The van der Waals surface area contributed by atoms with Crippen molar-refractivity contribution in [3.05, 3.63) is 12.7 Å². The molecule has 5 heteroatoms. The van der Waals surface area contributed by atoms with Gasteiger partial charge in [-0.05, 0) is 19.4 Å². The van der Waals surface area contributed by atoms with Crippen molar-refractivity contribution in [3.63, 3.8) is 0 Å². The second-order valence-electron chi connectivity index (χ2n) is 3.58. The molecule has 0 bridgehead atoms. The van der Waals surface area contributed by atoms with Crippen molar-refractivity contribution >= 4 is 10.0 Å². The summed E-state index contributed by atoms with van der Waals surface area (Å²) in [7, 11) is -1.49. The van der Waals surface area contributed by atoms with Crippen LogP contribution in [-0.4, -0.2) is 44.7 Å². The van der Waals surface area contributed by atoms with Crippen LogP contribution < -0.4 is 5.32 Å². The molecule has 1 aliphatic heterocycles. The van der Waals surface area contributed by atoms with Gasteiger partial charge in [-0.15, -0.1) is 6.58 Å². The van der Waals surface area contributed by atoms with Crippen LogP contribution in [0.4, 0.5) is 0 Å². The topological polar surface area (TPSA) is 49.4 Å². The lowest BCUT2D eigenvalue weighted by Crippen LogP contribution is -2.47. The molecule has 82 valence electrons. The summed E-state index contributed by atoms with van der Waals surface area (Å²) in [6.45, 7) is 5.20. The van der Waals surface area contributed by atoms with Gasteiger partial charge in [-0.2, -0.15) is 0 Å². The number of hydrogen-bond acceptors (Lipinski definition) is 3. The number of hydrogen-bond donors (Lipinski definition) is 1. The fourth-order valence-electron chi connectivity index (χ4n) is 1.64. The van der Waals surface area contributed by atoms with E-state index in [1.807, 2.05) is 0 Å². The van der Waals surface area contributed by atoms with Gasteiger partial charge in [-0.3, -0.25) is 0 Å². The highest BCUT2D eigenvalue weighted by molar-refractivity contribution is 7.89. The molecule has 0 amide bonds. The van der Waals surface area contributed by atoms with Crippen molar-refractivity contribution in [2.75, 3.05) is 25.9 Å². The monoisotopic (exact) mass is 218 g/mol. The number of nitrogens with one attached hydrogen (secondary N) is 1. The molecule has 0 spiro atoms. The number of rotatable bonds is 4. The largest absolute Gasteiger partial charge is 0.315 e.